The minimum atomic E-state index is -4.33. The van der Waals surface area contributed by atoms with E-state index in [9.17, 15) is 22.0 Å². The van der Waals surface area contributed by atoms with Crippen LogP contribution < -0.4 is 5.32 Å². The molecule has 0 saturated heterocycles. The summed E-state index contributed by atoms with van der Waals surface area (Å²) in [5.74, 6) is -2.54. The number of fused-ring (bicyclic) bond motifs is 1. The molecular formula is C17H16F2N2O3S. The molecular weight excluding hydrogens is 350 g/mol. The third kappa shape index (κ3) is 3.14. The van der Waals surface area contributed by atoms with Crippen LogP contribution in [0.15, 0.2) is 47.4 Å². The van der Waals surface area contributed by atoms with Gasteiger partial charge in [0.25, 0.3) is 0 Å². The molecule has 1 unspecified atom stereocenters. The summed E-state index contributed by atoms with van der Waals surface area (Å²) in [6.45, 7) is -0.0621. The second kappa shape index (κ2) is 6.53. The molecule has 25 heavy (non-hydrogen) atoms. The number of rotatable bonds is 3. The lowest BCUT2D eigenvalue weighted by atomic mass is 9.95. The van der Waals surface area contributed by atoms with Gasteiger partial charge < -0.3 is 5.32 Å². The summed E-state index contributed by atoms with van der Waals surface area (Å²) in [7, 11) is -2.92. The Hall–Kier alpha value is -2.32. The molecule has 1 N–H and O–H groups in total. The van der Waals surface area contributed by atoms with E-state index in [2.05, 4.69) is 5.32 Å². The quantitative estimate of drug-likeness (QED) is 0.901. The molecule has 1 aliphatic rings. The summed E-state index contributed by atoms with van der Waals surface area (Å²) in [6, 6.07) is 8.43. The van der Waals surface area contributed by atoms with Crippen molar-refractivity contribution in [3.63, 3.8) is 0 Å². The SMILES string of the molecule is CNC(=O)C1Cc2ccccc2CN1S(=O)(=O)c1ccc(F)cc1F. The number of amides is 1. The third-order valence-electron chi connectivity index (χ3n) is 4.24. The van der Waals surface area contributed by atoms with E-state index in [0.717, 1.165) is 27.6 Å². The Morgan fingerprint density at radius 2 is 1.84 bits per heavy atom. The number of nitrogens with one attached hydrogen (secondary N) is 1. The predicted octanol–water partition coefficient (Wildman–Crippen LogP) is 1.83. The van der Waals surface area contributed by atoms with Crippen LogP contribution in [-0.4, -0.2) is 31.7 Å². The van der Waals surface area contributed by atoms with Crippen LogP contribution in [0.1, 0.15) is 11.1 Å². The van der Waals surface area contributed by atoms with Crippen molar-refractivity contribution in [1.82, 2.24) is 9.62 Å². The first-order valence-electron chi connectivity index (χ1n) is 7.60. The van der Waals surface area contributed by atoms with Crippen LogP contribution in [0.3, 0.4) is 0 Å². The summed E-state index contributed by atoms with van der Waals surface area (Å²) in [5, 5.41) is 2.44. The second-order valence-corrected chi connectivity index (χ2v) is 7.59. The van der Waals surface area contributed by atoms with Crippen LogP contribution in [0, 0.1) is 11.6 Å². The van der Waals surface area contributed by atoms with Crippen LogP contribution >= 0.6 is 0 Å². The third-order valence-corrected chi connectivity index (χ3v) is 6.12. The summed E-state index contributed by atoms with van der Waals surface area (Å²) >= 11 is 0. The lowest BCUT2D eigenvalue weighted by molar-refractivity contribution is -0.124. The van der Waals surface area contributed by atoms with Gasteiger partial charge in [-0.2, -0.15) is 4.31 Å². The summed E-state index contributed by atoms with van der Waals surface area (Å²) in [4.78, 5) is 11.6. The van der Waals surface area contributed by atoms with Gasteiger partial charge in [0.05, 0.1) is 0 Å². The Balaban J connectivity index is 2.10. The van der Waals surface area contributed by atoms with Crippen molar-refractivity contribution in [3.8, 4) is 0 Å². The Kier molecular flexibility index (Phi) is 4.57. The zero-order chi connectivity index (χ0) is 18.2. The molecule has 1 amide bonds. The predicted molar refractivity (Wildman–Crippen MR) is 87.1 cm³/mol. The highest BCUT2D eigenvalue weighted by atomic mass is 32.2. The first kappa shape index (κ1) is 17.5. The Morgan fingerprint density at radius 1 is 1.16 bits per heavy atom. The van der Waals surface area contributed by atoms with Gasteiger partial charge in [0.15, 0.2) is 0 Å². The molecule has 0 spiro atoms. The first-order valence-corrected chi connectivity index (χ1v) is 9.04. The van der Waals surface area contributed by atoms with E-state index in [0.29, 0.717) is 6.07 Å². The number of carbonyl (C=O) groups is 1. The van der Waals surface area contributed by atoms with Crippen molar-refractivity contribution in [2.24, 2.45) is 0 Å². The van der Waals surface area contributed by atoms with Crippen LogP contribution in [0.25, 0.3) is 0 Å². The van der Waals surface area contributed by atoms with Crippen LogP contribution in [0.2, 0.25) is 0 Å². The summed E-state index contributed by atoms with van der Waals surface area (Å²) in [6.07, 6.45) is 0.178. The number of hydrogen-bond donors (Lipinski definition) is 1. The fraction of sp³-hybridized carbons (Fsp3) is 0.235. The maximum atomic E-state index is 14.1. The molecule has 0 bridgehead atoms. The monoisotopic (exact) mass is 366 g/mol. The largest absolute Gasteiger partial charge is 0.358 e. The molecule has 8 heteroatoms. The van der Waals surface area contributed by atoms with Crippen molar-refractivity contribution in [3.05, 3.63) is 65.2 Å². The van der Waals surface area contributed by atoms with Gasteiger partial charge in [-0.25, -0.2) is 17.2 Å². The zero-order valence-electron chi connectivity index (χ0n) is 13.4. The van der Waals surface area contributed by atoms with Crippen LogP contribution in [-0.2, 0) is 27.8 Å². The maximum absolute atomic E-state index is 14.1. The van der Waals surface area contributed by atoms with E-state index in [1.54, 1.807) is 12.1 Å². The topological polar surface area (TPSA) is 66.5 Å². The van der Waals surface area contributed by atoms with Crippen molar-refractivity contribution in [2.45, 2.75) is 23.9 Å². The Bertz CT molecular complexity index is 931. The van der Waals surface area contributed by atoms with Gasteiger partial charge in [-0.15, -0.1) is 0 Å². The van der Waals surface area contributed by atoms with Crippen molar-refractivity contribution in [2.75, 3.05) is 7.05 Å². The van der Waals surface area contributed by atoms with Gasteiger partial charge in [-0.3, -0.25) is 4.79 Å². The molecule has 3 rings (SSSR count). The minimum Gasteiger partial charge on any atom is -0.358 e. The zero-order valence-corrected chi connectivity index (χ0v) is 14.2. The molecule has 5 nitrogen and oxygen atoms in total. The molecule has 2 aromatic rings. The van der Waals surface area contributed by atoms with E-state index in [1.165, 1.54) is 7.05 Å². The van der Waals surface area contributed by atoms with E-state index < -0.39 is 38.5 Å². The number of likely N-dealkylation sites (N-methyl/N-ethyl adjacent to an activating group) is 1. The average Bonchev–Trinajstić information content (AvgIpc) is 2.59. The lowest BCUT2D eigenvalue weighted by Crippen LogP contribution is -2.51. The molecule has 1 atom stereocenters. The number of carbonyl (C=O) groups excluding carboxylic acids is 1. The standard InChI is InChI=1S/C17H16F2N2O3S/c1-20-17(22)15-8-11-4-2-3-5-12(11)10-21(15)25(23,24)16-7-6-13(18)9-14(16)19/h2-7,9,15H,8,10H2,1H3,(H,20,22). The molecule has 0 fully saturated rings. The highest BCUT2D eigenvalue weighted by Crippen LogP contribution is 2.30. The molecule has 132 valence electrons. The van der Waals surface area contributed by atoms with Gasteiger partial charge >= 0.3 is 0 Å². The number of halogens is 2. The molecule has 1 heterocycles. The van der Waals surface area contributed by atoms with Crippen molar-refractivity contribution < 1.29 is 22.0 Å². The fourth-order valence-corrected chi connectivity index (χ4v) is 4.56. The number of benzene rings is 2. The lowest BCUT2D eigenvalue weighted by Gasteiger charge is -2.34. The highest BCUT2D eigenvalue weighted by Gasteiger charge is 2.40. The van der Waals surface area contributed by atoms with Crippen LogP contribution in [0.5, 0.6) is 0 Å². The maximum Gasteiger partial charge on any atom is 0.247 e. The van der Waals surface area contributed by atoms with Gasteiger partial charge in [-0.05, 0) is 29.7 Å². The smallest absolute Gasteiger partial charge is 0.247 e. The number of hydrogen-bond acceptors (Lipinski definition) is 3. The Morgan fingerprint density at radius 3 is 2.48 bits per heavy atom. The van der Waals surface area contributed by atoms with E-state index >= 15 is 0 Å². The molecule has 2 aromatic carbocycles. The molecule has 0 aliphatic carbocycles. The molecule has 0 aromatic heterocycles. The normalized spacial score (nSPS) is 17.8. The second-order valence-electron chi connectivity index (χ2n) is 5.73. The Labute approximate surface area is 144 Å². The molecule has 0 radical (unpaired) electrons. The van der Waals surface area contributed by atoms with Crippen molar-refractivity contribution >= 4 is 15.9 Å². The van der Waals surface area contributed by atoms with Crippen molar-refractivity contribution in [1.29, 1.82) is 0 Å². The van der Waals surface area contributed by atoms with Gasteiger partial charge in [0.2, 0.25) is 15.9 Å². The van der Waals surface area contributed by atoms with Gasteiger partial charge in [0, 0.05) is 19.7 Å². The molecule has 0 saturated carbocycles. The highest BCUT2D eigenvalue weighted by molar-refractivity contribution is 7.89. The van der Waals surface area contributed by atoms with Crippen LogP contribution in [0.4, 0.5) is 8.78 Å². The summed E-state index contributed by atoms with van der Waals surface area (Å²) in [5.41, 5.74) is 1.61. The van der Waals surface area contributed by atoms with Gasteiger partial charge in [0.1, 0.15) is 22.6 Å². The number of nitrogens with zero attached hydrogens (tertiary/aromatic N) is 1. The molecule has 1 aliphatic heterocycles. The average molecular weight is 366 g/mol. The fourth-order valence-electron chi connectivity index (χ4n) is 2.95. The van der Waals surface area contributed by atoms with E-state index in [-0.39, 0.29) is 13.0 Å². The van der Waals surface area contributed by atoms with E-state index in [1.807, 2.05) is 12.1 Å². The minimum absolute atomic E-state index is 0.0621. The first-order chi connectivity index (χ1) is 11.8. The van der Waals surface area contributed by atoms with Gasteiger partial charge in [-0.1, -0.05) is 24.3 Å². The summed E-state index contributed by atoms with van der Waals surface area (Å²) < 4.78 is 54.0. The van der Waals surface area contributed by atoms with E-state index in [4.69, 9.17) is 0 Å². The number of sulfonamides is 1.